The van der Waals surface area contributed by atoms with Crippen LogP contribution in [0.15, 0.2) is 29.2 Å². The van der Waals surface area contributed by atoms with E-state index in [2.05, 4.69) is 5.32 Å². The van der Waals surface area contributed by atoms with Crippen molar-refractivity contribution >= 4 is 15.9 Å². The lowest BCUT2D eigenvalue weighted by Crippen LogP contribution is -2.36. The molecule has 0 radical (unpaired) electrons. The monoisotopic (exact) mass is 328 g/mol. The molecule has 0 unspecified atom stereocenters. The van der Waals surface area contributed by atoms with E-state index in [1.54, 1.807) is 7.05 Å². The normalized spacial score (nSPS) is 28.5. The molecule has 2 saturated heterocycles. The van der Waals surface area contributed by atoms with Gasteiger partial charge in [0.2, 0.25) is 15.9 Å². The van der Waals surface area contributed by atoms with Crippen LogP contribution in [0, 0.1) is 17.7 Å². The zero-order valence-electron chi connectivity index (χ0n) is 12.0. The molecular weight excluding hydrogens is 311 g/mol. The van der Waals surface area contributed by atoms with Crippen LogP contribution < -0.4 is 5.32 Å². The lowest BCUT2D eigenvalue weighted by molar-refractivity contribution is -0.125. The highest BCUT2D eigenvalue weighted by molar-refractivity contribution is 7.89. The van der Waals surface area contributed by atoms with Gasteiger partial charge in [-0.2, -0.15) is 4.31 Å². The largest absolute Gasteiger partial charge is 0.376 e. The van der Waals surface area contributed by atoms with Crippen molar-refractivity contribution in [1.82, 2.24) is 9.62 Å². The molecule has 1 aromatic carbocycles. The van der Waals surface area contributed by atoms with Crippen molar-refractivity contribution in [3.63, 3.8) is 0 Å². The predicted octanol–water partition coefficient (Wildman–Crippen LogP) is 0.207. The van der Waals surface area contributed by atoms with Crippen molar-refractivity contribution in [2.75, 3.05) is 26.7 Å². The van der Waals surface area contributed by atoms with Crippen LogP contribution in [0.25, 0.3) is 0 Å². The van der Waals surface area contributed by atoms with E-state index < -0.39 is 15.8 Å². The molecule has 1 aromatic rings. The number of carbonyl (C=O) groups excluding carboxylic acids is 1. The molecule has 1 N–H and O–H groups in total. The number of fused-ring (bicyclic) bond motifs is 1. The zero-order valence-corrected chi connectivity index (χ0v) is 12.8. The van der Waals surface area contributed by atoms with Crippen molar-refractivity contribution in [2.24, 2.45) is 11.8 Å². The Morgan fingerprint density at radius 3 is 2.86 bits per heavy atom. The van der Waals surface area contributed by atoms with Gasteiger partial charge in [0.15, 0.2) is 0 Å². The minimum absolute atomic E-state index is 0.0797. The Hall–Kier alpha value is -1.51. The highest BCUT2D eigenvalue weighted by atomic mass is 32.2. The first-order chi connectivity index (χ1) is 10.4. The number of benzene rings is 1. The second-order valence-electron chi connectivity index (χ2n) is 5.54. The summed E-state index contributed by atoms with van der Waals surface area (Å²) in [6, 6.07) is 4.93. The molecular formula is C14H17FN2O4S. The van der Waals surface area contributed by atoms with Crippen LogP contribution in [0.3, 0.4) is 0 Å². The number of ether oxygens (including phenoxy) is 1. The second kappa shape index (κ2) is 5.60. The van der Waals surface area contributed by atoms with Gasteiger partial charge in [-0.05, 0) is 18.2 Å². The number of halogens is 1. The van der Waals surface area contributed by atoms with Gasteiger partial charge in [-0.25, -0.2) is 12.8 Å². The first-order valence-corrected chi connectivity index (χ1v) is 8.46. The van der Waals surface area contributed by atoms with E-state index in [-0.39, 0.29) is 41.8 Å². The van der Waals surface area contributed by atoms with Crippen LogP contribution in [0.1, 0.15) is 0 Å². The fourth-order valence-corrected chi connectivity index (χ4v) is 4.63. The fourth-order valence-electron chi connectivity index (χ4n) is 3.11. The highest BCUT2D eigenvalue weighted by Gasteiger charge is 2.49. The van der Waals surface area contributed by atoms with Gasteiger partial charge in [0.1, 0.15) is 5.82 Å². The number of hydrogen-bond donors (Lipinski definition) is 1. The molecule has 3 atom stereocenters. The zero-order chi connectivity index (χ0) is 15.9. The van der Waals surface area contributed by atoms with Gasteiger partial charge in [0, 0.05) is 26.1 Å². The van der Waals surface area contributed by atoms with Gasteiger partial charge in [-0.3, -0.25) is 4.79 Å². The van der Waals surface area contributed by atoms with E-state index >= 15 is 0 Å². The maximum atomic E-state index is 13.3. The van der Waals surface area contributed by atoms with Crippen LogP contribution in [0.5, 0.6) is 0 Å². The van der Waals surface area contributed by atoms with Crippen molar-refractivity contribution < 1.29 is 22.3 Å². The minimum atomic E-state index is -3.78. The van der Waals surface area contributed by atoms with Crippen LogP contribution in [0.4, 0.5) is 4.39 Å². The molecule has 6 nitrogen and oxygen atoms in total. The molecule has 1 amide bonds. The van der Waals surface area contributed by atoms with Gasteiger partial charge < -0.3 is 10.1 Å². The first kappa shape index (κ1) is 15.4. The van der Waals surface area contributed by atoms with Gasteiger partial charge in [-0.15, -0.1) is 0 Å². The number of hydrogen-bond acceptors (Lipinski definition) is 4. The molecule has 22 heavy (non-hydrogen) atoms. The summed E-state index contributed by atoms with van der Waals surface area (Å²) in [5.41, 5.74) is 0. The fraction of sp³-hybridized carbons (Fsp3) is 0.500. The number of sulfonamides is 1. The van der Waals surface area contributed by atoms with E-state index in [1.807, 2.05) is 0 Å². The Labute approximate surface area is 128 Å². The van der Waals surface area contributed by atoms with E-state index in [0.29, 0.717) is 6.61 Å². The molecule has 0 spiro atoms. The summed E-state index contributed by atoms with van der Waals surface area (Å²) in [5, 5.41) is 2.58. The highest BCUT2D eigenvalue weighted by Crippen LogP contribution is 2.36. The van der Waals surface area contributed by atoms with Crippen LogP contribution in [-0.4, -0.2) is 51.5 Å². The predicted molar refractivity (Wildman–Crippen MR) is 75.9 cm³/mol. The lowest BCUT2D eigenvalue weighted by Gasteiger charge is -2.19. The molecule has 3 rings (SSSR count). The third-order valence-corrected chi connectivity index (χ3v) is 6.13. The van der Waals surface area contributed by atoms with Crippen molar-refractivity contribution in [1.29, 1.82) is 0 Å². The number of nitrogens with one attached hydrogen (secondary N) is 1. The molecule has 0 aromatic heterocycles. The first-order valence-electron chi connectivity index (χ1n) is 7.02. The van der Waals surface area contributed by atoms with Crippen molar-refractivity contribution in [3.05, 3.63) is 30.1 Å². The Bertz CT molecular complexity index is 694. The van der Waals surface area contributed by atoms with E-state index in [4.69, 9.17) is 4.74 Å². The molecule has 8 heteroatoms. The number of nitrogens with zero attached hydrogens (tertiary/aromatic N) is 1. The summed E-state index contributed by atoms with van der Waals surface area (Å²) in [6.45, 7) is 0.710. The molecule has 0 bridgehead atoms. The van der Waals surface area contributed by atoms with Crippen molar-refractivity contribution in [2.45, 2.75) is 11.0 Å². The average molecular weight is 328 g/mol. The van der Waals surface area contributed by atoms with Gasteiger partial charge >= 0.3 is 0 Å². The number of amides is 1. The van der Waals surface area contributed by atoms with Gasteiger partial charge in [0.25, 0.3) is 0 Å². The molecule has 2 heterocycles. The van der Waals surface area contributed by atoms with Gasteiger partial charge in [0.05, 0.1) is 23.5 Å². The Morgan fingerprint density at radius 1 is 1.41 bits per heavy atom. The molecule has 2 fully saturated rings. The quantitative estimate of drug-likeness (QED) is 0.860. The summed E-state index contributed by atoms with van der Waals surface area (Å²) in [7, 11) is -2.23. The van der Waals surface area contributed by atoms with Crippen molar-refractivity contribution in [3.8, 4) is 0 Å². The van der Waals surface area contributed by atoms with Crippen LogP contribution in [0.2, 0.25) is 0 Å². The lowest BCUT2D eigenvalue weighted by atomic mass is 9.92. The van der Waals surface area contributed by atoms with E-state index in [1.165, 1.54) is 22.5 Å². The topological polar surface area (TPSA) is 75.7 Å². The minimum Gasteiger partial charge on any atom is -0.376 e. The Balaban J connectivity index is 1.82. The molecule has 0 saturated carbocycles. The third kappa shape index (κ3) is 2.51. The summed E-state index contributed by atoms with van der Waals surface area (Å²) >= 11 is 0. The Morgan fingerprint density at radius 2 is 2.18 bits per heavy atom. The molecule has 120 valence electrons. The van der Waals surface area contributed by atoms with Gasteiger partial charge in [-0.1, -0.05) is 6.07 Å². The second-order valence-corrected chi connectivity index (χ2v) is 7.47. The summed E-state index contributed by atoms with van der Waals surface area (Å²) in [5.74, 6) is -1.25. The maximum absolute atomic E-state index is 13.3. The summed E-state index contributed by atoms with van der Waals surface area (Å²) < 4.78 is 45.2. The summed E-state index contributed by atoms with van der Waals surface area (Å²) in [6.07, 6.45) is -0.286. The third-order valence-electron chi connectivity index (χ3n) is 4.30. The van der Waals surface area contributed by atoms with Crippen LogP contribution in [-0.2, 0) is 19.6 Å². The smallest absolute Gasteiger partial charge is 0.243 e. The SMILES string of the molecule is CNC(=O)[C@H]1CO[C@@H]2CN(S(=O)(=O)c3cccc(F)c3)C[C@H]12. The van der Waals surface area contributed by atoms with E-state index in [9.17, 15) is 17.6 Å². The molecule has 0 aliphatic carbocycles. The standard InChI is InChI=1S/C14H17FN2O4S/c1-16-14(18)12-8-21-13-7-17(6-11(12)13)22(19,20)10-4-2-3-9(15)5-10/h2-5,11-13H,6-8H2,1H3,(H,16,18)/t11-,12+,13-/m1/s1. The maximum Gasteiger partial charge on any atom is 0.243 e. The average Bonchev–Trinajstić information content (AvgIpc) is 3.06. The molecule has 2 aliphatic rings. The Kier molecular flexibility index (Phi) is 3.92. The number of rotatable bonds is 3. The van der Waals surface area contributed by atoms with Crippen LogP contribution >= 0.6 is 0 Å². The molecule has 2 aliphatic heterocycles. The number of carbonyl (C=O) groups is 1. The van der Waals surface area contributed by atoms with E-state index in [0.717, 1.165) is 6.07 Å². The summed E-state index contributed by atoms with van der Waals surface area (Å²) in [4.78, 5) is 11.7.